The summed E-state index contributed by atoms with van der Waals surface area (Å²) in [6.07, 6.45) is 2.50. The second-order valence-corrected chi connectivity index (χ2v) is 7.22. The molecular weight excluding hydrogens is 324 g/mol. The average molecular weight is 346 g/mol. The van der Waals surface area contributed by atoms with E-state index in [9.17, 15) is 4.79 Å². The van der Waals surface area contributed by atoms with Crippen LogP contribution >= 0.6 is 0 Å². The van der Waals surface area contributed by atoms with Crippen molar-refractivity contribution in [3.8, 4) is 11.3 Å². The van der Waals surface area contributed by atoms with E-state index in [2.05, 4.69) is 51.8 Å². The number of nitrogens with zero attached hydrogens (tertiary/aromatic N) is 1. The van der Waals surface area contributed by atoms with E-state index in [0.717, 1.165) is 27.8 Å². The molecule has 0 radical (unpaired) electrons. The van der Waals surface area contributed by atoms with E-state index in [1.165, 1.54) is 24.9 Å². The van der Waals surface area contributed by atoms with Crippen molar-refractivity contribution >= 4 is 22.5 Å². The quantitative estimate of drug-likeness (QED) is 0.663. The van der Waals surface area contributed by atoms with E-state index in [1.54, 1.807) is 0 Å². The van der Waals surface area contributed by atoms with Gasteiger partial charge >= 0.3 is 0 Å². The van der Waals surface area contributed by atoms with Crippen LogP contribution in [0.25, 0.3) is 22.2 Å². The third-order valence-corrected chi connectivity index (χ3v) is 5.69. The van der Waals surface area contributed by atoms with Crippen molar-refractivity contribution in [2.24, 2.45) is 0 Å². The number of H-pyrrole nitrogens is 1. The van der Waals surface area contributed by atoms with E-state index < -0.39 is 0 Å². The maximum atomic E-state index is 12.3. The molecule has 3 N–H and O–H groups in total. The number of aromatic nitrogens is 1. The van der Waals surface area contributed by atoms with Crippen LogP contribution in [0, 0.1) is 0 Å². The summed E-state index contributed by atoms with van der Waals surface area (Å²) in [7, 11) is 2.20. The first-order chi connectivity index (χ1) is 12.7. The van der Waals surface area contributed by atoms with Crippen LogP contribution < -0.4 is 10.6 Å². The van der Waals surface area contributed by atoms with Gasteiger partial charge in [0, 0.05) is 22.5 Å². The Morgan fingerprint density at radius 3 is 2.69 bits per heavy atom. The normalized spacial score (nSPS) is 20.0. The van der Waals surface area contributed by atoms with E-state index in [-0.39, 0.29) is 5.91 Å². The van der Waals surface area contributed by atoms with Gasteiger partial charge in [0.05, 0.1) is 23.6 Å². The van der Waals surface area contributed by atoms with Crippen LogP contribution in [0.2, 0.25) is 0 Å². The second kappa shape index (κ2) is 5.88. The highest BCUT2D eigenvalue weighted by Crippen LogP contribution is 2.38. The number of anilines is 1. The minimum Gasteiger partial charge on any atom is -0.366 e. The lowest BCUT2D eigenvalue weighted by atomic mass is 10.0. The number of benzene rings is 2. The number of amides is 1. The molecule has 3 heterocycles. The lowest BCUT2D eigenvalue weighted by Gasteiger charge is -2.20. The number of hydrogen-bond donors (Lipinski definition) is 3. The third kappa shape index (κ3) is 2.31. The van der Waals surface area contributed by atoms with Gasteiger partial charge < -0.3 is 15.6 Å². The predicted octanol–water partition coefficient (Wildman–Crippen LogP) is 3.71. The van der Waals surface area contributed by atoms with E-state index in [0.29, 0.717) is 18.3 Å². The molecule has 26 heavy (non-hydrogen) atoms. The summed E-state index contributed by atoms with van der Waals surface area (Å²) in [5, 5.41) is 7.24. The molecule has 2 aliphatic rings. The van der Waals surface area contributed by atoms with Crippen molar-refractivity contribution in [3.63, 3.8) is 0 Å². The Kier molecular flexibility index (Phi) is 3.50. The fraction of sp³-hybridized carbons (Fsp3) is 0.286. The van der Waals surface area contributed by atoms with Crippen LogP contribution in [-0.4, -0.2) is 36.1 Å². The summed E-state index contributed by atoms with van der Waals surface area (Å²) in [5.74, 6) is -0.0352. The Bertz CT molecular complexity index is 989. The molecular formula is C21H22N4O. The first kappa shape index (κ1) is 15.5. The van der Waals surface area contributed by atoms with Gasteiger partial charge in [0.15, 0.2) is 0 Å². The van der Waals surface area contributed by atoms with Gasteiger partial charge in [0.1, 0.15) is 0 Å². The highest BCUT2D eigenvalue weighted by atomic mass is 16.1. The van der Waals surface area contributed by atoms with Gasteiger partial charge in [0.2, 0.25) is 0 Å². The molecule has 1 amide bonds. The van der Waals surface area contributed by atoms with E-state index in [1.807, 2.05) is 18.2 Å². The topological polar surface area (TPSA) is 60.2 Å². The van der Waals surface area contributed by atoms with Gasteiger partial charge in [-0.2, -0.15) is 0 Å². The lowest BCUT2D eigenvalue weighted by Crippen LogP contribution is -2.26. The second-order valence-electron chi connectivity index (χ2n) is 7.22. The Morgan fingerprint density at radius 1 is 1.08 bits per heavy atom. The molecule has 1 saturated heterocycles. The zero-order valence-electron chi connectivity index (χ0n) is 14.8. The molecule has 1 atom stereocenters. The number of rotatable bonds is 2. The predicted molar refractivity (Wildman–Crippen MR) is 104 cm³/mol. The highest BCUT2D eigenvalue weighted by molar-refractivity contribution is 6.15. The summed E-state index contributed by atoms with van der Waals surface area (Å²) >= 11 is 0. The van der Waals surface area contributed by atoms with Gasteiger partial charge in [-0.3, -0.25) is 9.69 Å². The van der Waals surface area contributed by atoms with Crippen LogP contribution in [-0.2, 0) is 0 Å². The van der Waals surface area contributed by atoms with Gasteiger partial charge in [-0.15, -0.1) is 0 Å². The van der Waals surface area contributed by atoms with Gasteiger partial charge in [-0.1, -0.05) is 30.3 Å². The van der Waals surface area contributed by atoms with Crippen LogP contribution in [0.15, 0.2) is 42.5 Å². The van der Waals surface area contributed by atoms with Crippen LogP contribution in [0.4, 0.5) is 5.69 Å². The SMILES string of the molecule is CN1CCCC1c1ccc(-c2[nH]c3cccc4c3c2NCNC4=O)cc1. The number of aromatic amines is 1. The van der Waals surface area contributed by atoms with Gasteiger partial charge in [-0.05, 0) is 44.1 Å². The Labute approximate surface area is 152 Å². The fourth-order valence-corrected chi connectivity index (χ4v) is 4.34. The molecule has 5 heteroatoms. The average Bonchev–Trinajstić information content (AvgIpc) is 3.20. The molecule has 5 rings (SSSR count). The number of hydrogen-bond acceptors (Lipinski definition) is 3. The zero-order valence-corrected chi connectivity index (χ0v) is 14.8. The number of likely N-dealkylation sites (tertiary alicyclic amines) is 1. The highest BCUT2D eigenvalue weighted by Gasteiger charge is 2.24. The fourth-order valence-electron chi connectivity index (χ4n) is 4.34. The van der Waals surface area contributed by atoms with Crippen molar-refractivity contribution in [1.29, 1.82) is 0 Å². The van der Waals surface area contributed by atoms with Crippen LogP contribution in [0.5, 0.6) is 0 Å². The smallest absolute Gasteiger partial charge is 0.253 e. The summed E-state index contributed by atoms with van der Waals surface area (Å²) in [6.45, 7) is 1.60. The van der Waals surface area contributed by atoms with Crippen molar-refractivity contribution in [2.75, 3.05) is 25.6 Å². The molecule has 1 fully saturated rings. The molecule has 0 bridgehead atoms. The Balaban J connectivity index is 1.60. The van der Waals surface area contributed by atoms with Crippen molar-refractivity contribution in [2.45, 2.75) is 18.9 Å². The summed E-state index contributed by atoms with van der Waals surface area (Å²) in [4.78, 5) is 18.2. The summed E-state index contributed by atoms with van der Waals surface area (Å²) in [5.41, 5.74) is 6.25. The molecule has 0 saturated carbocycles. The van der Waals surface area contributed by atoms with E-state index in [4.69, 9.17) is 0 Å². The van der Waals surface area contributed by atoms with Crippen molar-refractivity contribution in [1.82, 2.24) is 15.2 Å². The molecule has 0 aliphatic carbocycles. The summed E-state index contributed by atoms with van der Waals surface area (Å²) in [6, 6.07) is 15.2. The molecule has 2 aromatic carbocycles. The minimum absolute atomic E-state index is 0.0352. The monoisotopic (exact) mass is 346 g/mol. The molecule has 5 nitrogen and oxygen atoms in total. The zero-order chi connectivity index (χ0) is 17.7. The maximum absolute atomic E-state index is 12.3. The Morgan fingerprint density at radius 2 is 1.92 bits per heavy atom. The molecule has 3 aromatic rings. The molecule has 2 aliphatic heterocycles. The van der Waals surface area contributed by atoms with E-state index >= 15 is 0 Å². The molecule has 0 spiro atoms. The Hall–Kier alpha value is -2.79. The maximum Gasteiger partial charge on any atom is 0.253 e. The molecule has 1 unspecified atom stereocenters. The standard InChI is InChI=1S/C21H22N4O/c1-25-11-3-6-17(25)13-7-9-14(10-8-13)19-20-18-15(21(26)23-12-22-20)4-2-5-16(18)24-19/h2,4-5,7-10,17,22,24H,3,6,11-12H2,1H3,(H,23,26). The lowest BCUT2D eigenvalue weighted by molar-refractivity contribution is 0.0959. The first-order valence-electron chi connectivity index (χ1n) is 9.20. The number of nitrogens with one attached hydrogen (secondary N) is 3. The number of carbonyl (C=O) groups excluding carboxylic acids is 1. The molecule has 132 valence electrons. The minimum atomic E-state index is -0.0352. The third-order valence-electron chi connectivity index (χ3n) is 5.69. The largest absolute Gasteiger partial charge is 0.366 e. The van der Waals surface area contributed by atoms with Crippen LogP contribution in [0.3, 0.4) is 0 Å². The van der Waals surface area contributed by atoms with Crippen LogP contribution in [0.1, 0.15) is 34.8 Å². The first-order valence-corrected chi connectivity index (χ1v) is 9.20. The summed E-state index contributed by atoms with van der Waals surface area (Å²) < 4.78 is 0. The van der Waals surface area contributed by atoms with Gasteiger partial charge in [-0.25, -0.2) is 0 Å². The van der Waals surface area contributed by atoms with Crippen molar-refractivity contribution in [3.05, 3.63) is 53.6 Å². The van der Waals surface area contributed by atoms with Crippen molar-refractivity contribution < 1.29 is 4.79 Å². The van der Waals surface area contributed by atoms with Gasteiger partial charge in [0.25, 0.3) is 5.91 Å². The molecule has 1 aromatic heterocycles. The number of carbonyl (C=O) groups is 1.